The Morgan fingerprint density at radius 3 is 2.41 bits per heavy atom. The van der Waals surface area contributed by atoms with E-state index in [1.807, 2.05) is 6.07 Å². The van der Waals surface area contributed by atoms with Gasteiger partial charge in [-0.15, -0.1) is 0 Å². The third-order valence-electron chi connectivity index (χ3n) is 4.76. The standard InChI is InChI=1S/C22H21FN4O2/c1-16(28)17-3-2-4-20(13-17)25-15-18(14-24)22(29)27-11-9-26(10-12-27)21-7-5-19(23)6-8-21/h2-8,13,15,25H,9-12H2,1H3/b18-15-. The fourth-order valence-electron chi connectivity index (χ4n) is 3.12. The van der Waals surface area contributed by atoms with Crippen molar-refractivity contribution in [3.05, 3.63) is 71.7 Å². The summed E-state index contributed by atoms with van der Waals surface area (Å²) < 4.78 is 13.1. The predicted octanol–water partition coefficient (Wildman–Crippen LogP) is 3.20. The third-order valence-corrected chi connectivity index (χ3v) is 4.76. The molecular formula is C22H21FN4O2. The Hall–Kier alpha value is -3.66. The number of nitrogens with one attached hydrogen (secondary N) is 1. The summed E-state index contributed by atoms with van der Waals surface area (Å²) in [5.74, 6) is -0.692. The number of Topliss-reactive ketones (excluding diaryl/α,β-unsaturated/α-hetero) is 1. The minimum absolute atomic E-state index is 0.00606. The number of hydrogen-bond donors (Lipinski definition) is 1. The number of nitrogens with zero attached hydrogens (tertiary/aromatic N) is 3. The van der Waals surface area contributed by atoms with Crippen molar-refractivity contribution in [2.45, 2.75) is 6.92 Å². The first kappa shape index (κ1) is 20.1. The lowest BCUT2D eigenvalue weighted by Gasteiger charge is -2.36. The van der Waals surface area contributed by atoms with Crippen LogP contribution in [-0.4, -0.2) is 42.8 Å². The highest BCUT2D eigenvalue weighted by molar-refractivity contribution is 5.98. The van der Waals surface area contributed by atoms with Gasteiger partial charge in [-0.05, 0) is 43.3 Å². The number of nitriles is 1. The normalized spacial score (nSPS) is 14.3. The zero-order chi connectivity index (χ0) is 20.8. The minimum Gasteiger partial charge on any atom is -0.368 e. The van der Waals surface area contributed by atoms with Crippen molar-refractivity contribution in [2.24, 2.45) is 0 Å². The van der Waals surface area contributed by atoms with Crippen LogP contribution in [0.1, 0.15) is 17.3 Å². The second kappa shape index (κ2) is 9.02. The van der Waals surface area contributed by atoms with Gasteiger partial charge in [-0.25, -0.2) is 4.39 Å². The van der Waals surface area contributed by atoms with Crippen molar-refractivity contribution < 1.29 is 14.0 Å². The predicted molar refractivity (Wildman–Crippen MR) is 109 cm³/mol. The lowest BCUT2D eigenvalue weighted by Crippen LogP contribution is -2.49. The number of halogens is 1. The molecular weight excluding hydrogens is 371 g/mol. The van der Waals surface area contributed by atoms with E-state index < -0.39 is 0 Å². The number of amides is 1. The molecule has 0 aromatic heterocycles. The smallest absolute Gasteiger partial charge is 0.266 e. The van der Waals surface area contributed by atoms with E-state index in [4.69, 9.17) is 0 Å². The van der Waals surface area contributed by atoms with Crippen molar-refractivity contribution in [3.63, 3.8) is 0 Å². The molecule has 2 aromatic rings. The van der Waals surface area contributed by atoms with Gasteiger partial charge in [0.1, 0.15) is 17.5 Å². The monoisotopic (exact) mass is 392 g/mol. The molecule has 0 bridgehead atoms. The van der Waals surface area contributed by atoms with Gasteiger partial charge in [0.2, 0.25) is 0 Å². The van der Waals surface area contributed by atoms with Gasteiger partial charge in [0.05, 0.1) is 0 Å². The van der Waals surface area contributed by atoms with E-state index >= 15 is 0 Å². The van der Waals surface area contributed by atoms with E-state index in [1.54, 1.807) is 41.3 Å². The van der Waals surface area contributed by atoms with Gasteiger partial charge >= 0.3 is 0 Å². The SMILES string of the molecule is CC(=O)c1cccc(N/C=C(/C#N)C(=O)N2CCN(c3ccc(F)cc3)CC2)c1. The number of anilines is 2. The first-order valence-electron chi connectivity index (χ1n) is 9.25. The molecule has 0 unspecified atom stereocenters. The molecule has 1 fully saturated rings. The summed E-state index contributed by atoms with van der Waals surface area (Å²) in [6.45, 7) is 3.61. The van der Waals surface area contributed by atoms with E-state index in [0.717, 1.165) is 5.69 Å². The molecule has 1 aliphatic heterocycles. The maximum atomic E-state index is 13.1. The molecule has 29 heavy (non-hydrogen) atoms. The zero-order valence-electron chi connectivity index (χ0n) is 16.1. The Kier molecular flexibility index (Phi) is 6.25. The van der Waals surface area contributed by atoms with Gasteiger partial charge in [-0.1, -0.05) is 12.1 Å². The molecule has 148 valence electrons. The molecule has 6 nitrogen and oxygen atoms in total. The number of piperazine rings is 1. The van der Waals surface area contributed by atoms with Crippen molar-refractivity contribution in [2.75, 3.05) is 36.4 Å². The highest BCUT2D eigenvalue weighted by Crippen LogP contribution is 2.18. The van der Waals surface area contributed by atoms with Crippen LogP contribution in [0.4, 0.5) is 15.8 Å². The molecule has 0 atom stereocenters. The Morgan fingerprint density at radius 2 is 1.79 bits per heavy atom. The quantitative estimate of drug-likeness (QED) is 0.480. The van der Waals surface area contributed by atoms with Crippen molar-refractivity contribution >= 4 is 23.1 Å². The topological polar surface area (TPSA) is 76.4 Å². The molecule has 3 rings (SSSR count). The number of rotatable bonds is 5. The molecule has 0 saturated carbocycles. The number of ketones is 1. The largest absolute Gasteiger partial charge is 0.368 e. The molecule has 1 aliphatic rings. The average molecular weight is 392 g/mol. The van der Waals surface area contributed by atoms with Crippen LogP contribution in [0.2, 0.25) is 0 Å². The number of hydrogen-bond acceptors (Lipinski definition) is 5. The van der Waals surface area contributed by atoms with Gasteiger partial charge in [0, 0.05) is 49.3 Å². The van der Waals surface area contributed by atoms with E-state index in [2.05, 4.69) is 10.2 Å². The Labute approximate surface area is 168 Å². The molecule has 0 aliphatic carbocycles. The average Bonchev–Trinajstić information content (AvgIpc) is 2.75. The maximum absolute atomic E-state index is 13.1. The fraction of sp³-hybridized carbons (Fsp3) is 0.227. The van der Waals surface area contributed by atoms with Crippen molar-refractivity contribution in [3.8, 4) is 6.07 Å². The molecule has 7 heteroatoms. The van der Waals surface area contributed by atoms with Gasteiger partial charge in [-0.3, -0.25) is 9.59 Å². The van der Waals surface area contributed by atoms with Crippen molar-refractivity contribution in [1.82, 2.24) is 4.90 Å². The lowest BCUT2D eigenvalue weighted by atomic mass is 10.1. The molecule has 1 N–H and O–H groups in total. The highest BCUT2D eigenvalue weighted by atomic mass is 19.1. The van der Waals surface area contributed by atoms with Gasteiger partial charge in [0.15, 0.2) is 5.78 Å². The first-order valence-corrected chi connectivity index (χ1v) is 9.25. The second-order valence-electron chi connectivity index (χ2n) is 6.71. The molecule has 0 radical (unpaired) electrons. The van der Waals surface area contributed by atoms with E-state index in [0.29, 0.717) is 37.4 Å². The van der Waals surface area contributed by atoms with E-state index in [1.165, 1.54) is 25.3 Å². The van der Waals surface area contributed by atoms with Gasteiger partial charge < -0.3 is 15.1 Å². The number of benzene rings is 2. The summed E-state index contributed by atoms with van der Waals surface area (Å²) in [6, 6.07) is 15.1. The lowest BCUT2D eigenvalue weighted by molar-refractivity contribution is -0.127. The van der Waals surface area contributed by atoms with Crippen LogP contribution in [0.15, 0.2) is 60.3 Å². The summed E-state index contributed by atoms with van der Waals surface area (Å²) in [5, 5.41) is 12.3. The Morgan fingerprint density at radius 1 is 1.10 bits per heavy atom. The number of carbonyl (C=O) groups excluding carboxylic acids is 2. The van der Waals surface area contributed by atoms with Crippen LogP contribution in [0.25, 0.3) is 0 Å². The third kappa shape index (κ3) is 4.99. The summed E-state index contributed by atoms with van der Waals surface area (Å²) in [5.41, 5.74) is 2.07. The van der Waals surface area contributed by atoms with E-state index in [9.17, 15) is 19.2 Å². The molecule has 1 saturated heterocycles. The first-order chi connectivity index (χ1) is 14.0. The number of carbonyl (C=O) groups is 2. The second-order valence-corrected chi connectivity index (χ2v) is 6.71. The molecule has 1 amide bonds. The summed E-state index contributed by atoms with van der Waals surface area (Å²) in [7, 11) is 0. The van der Waals surface area contributed by atoms with Crippen LogP contribution in [0.3, 0.4) is 0 Å². The zero-order valence-corrected chi connectivity index (χ0v) is 16.1. The van der Waals surface area contributed by atoms with Crippen molar-refractivity contribution in [1.29, 1.82) is 5.26 Å². The summed E-state index contributed by atoms with van der Waals surface area (Å²) >= 11 is 0. The van der Waals surface area contributed by atoms with Gasteiger partial charge in [0.25, 0.3) is 5.91 Å². The van der Waals surface area contributed by atoms with Crippen LogP contribution >= 0.6 is 0 Å². The highest BCUT2D eigenvalue weighted by Gasteiger charge is 2.24. The van der Waals surface area contributed by atoms with Gasteiger partial charge in [-0.2, -0.15) is 5.26 Å². The summed E-state index contributed by atoms with van der Waals surface area (Å²) in [6.07, 6.45) is 1.37. The summed E-state index contributed by atoms with van der Waals surface area (Å²) in [4.78, 5) is 27.9. The van der Waals surface area contributed by atoms with E-state index in [-0.39, 0.29) is 23.1 Å². The molecule has 2 aromatic carbocycles. The van der Waals surface area contributed by atoms with Crippen LogP contribution in [-0.2, 0) is 4.79 Å². The fourth-order valence-corrected chi connectivity index (χ4v) is 3.12. The van der Waals surface area contributed by atoms with Crippen LogP contribution < -0.4 is 10.2 Å². The minimum atomic E-state index is -0.346. The molecule has 1 heterocycles. The molecule has 0 spiro atoms. The Bertz CT molecular complexity index is 971. The maximum Gasteiger partial charge on any atom is 0.266 e. The van der Waals surface area contributed by atoms with Crippen LogP contribution in [0, 0.1) is 17.1 Å². The Balaban J connectivity index is 1.62. The van der Waals surface area contributed by atoms with Crippen LogP contribution in [0.5, 0.6) is 0 Å².